The molecule has 0 amide bonds. The SMILES string of the molecule is Fc1c(F)c(F)c(CON=Cc2cccc(C(F)(F)F)c2)c(F)c1F. The van der Waals surface area contributed by atoms with E-state index in [-0.39, 0.29) is 5.56 Å². The molecule has 134 valence electrons. The highest BCUT2D eigenvalue weighted by Gasteiger charge is 2.30. The number of rotatable bonds is 4. The Labute approximate surface area is 135 Å². The maximum atomic E-state index is 13.4. The van der Waals surface area contributed by atoms with Gasteiger partial charge in [-0.2, -0.15) is 13.2 Å². The maximum absolute atomic E-state index is 13.4. The van der Waals surface area contributed by atoms with Gasteiger partial charge in [0.2, 0.25) is 5.82 Å². The summed E-state index contributed by atoms with van der Waals surface area (Å²) in [6, 6.07) is 3.87. The van der Waals surface area contributed by atoms with Crippen LogP contribution in [0.4, 0.5) is 35.1 Å². The molecule has 0 unspecified atom stereocenters. The molecule has 0 atom stereocenters. The molecule has 0 saturated carbocycles. The van der Waals surface area contributed by atoms with Crippen molar-refractivity contribution in [2.45, 2.75) is 12.8 Å². The number of benzene rings is 2. The van der Waals surface area contributed by atoms with Crippen molar-refractivity contribution in [1.82, 2.24) is 0 Å². The fourth-order valence-electron chi connectivity index (χ4n) is 1.77. The Morgan fingerprint density at radius 2 is 1.44 bits per heavy atom. The van der Waals surface area contributed by atoms with E-state index in [2.05, 4.69) is 9.99 Å². The Balaban J connectivity index is 2.13. The second kappa shape index (κ2) is 7.08. The Morgan fingerprint density at radius 1 is 0.880 bits per heavy atom. The van der Waals surface area contributed by atoms with E-state index in [9.17, 15) is 35.1 Å². The van der Waals surface area contributed by atoms with E-state index < -0.39 is 53.0 Å². The fraction of sp³-hybridized carbons (Fsp3) is 0.133. The van der Waals surface area contributed by atoms with Gasteiger partial charge in [0.1, 0.15) is 6.61 Å². The molecule has 0 N–H and O–H groups in total. The van der Waals surface area contributed by atoms with Gasteiger partial charge in [-0.1, -0.05) is 17.3 Å². The van der Waals surface area contributed by atoms with Crippen LogP contribution >= 0.6 is 0 Å². The van der Waals surface area contributed by atoms with Gasteiger partial charge in [-0.05, 0) is 17.7 Å². The van der Waals surface area contributed by atoms with Crippen molar-refractivity contribution in [1.29, 1.82) is 0 Å². The first-order chi connectivity index (χ1) is 11.6. The van der Waals surface area contributed by atoms with E-state index in [4.69, 9.17) is 0 Å². The number of halogens is 8. The molecule has 0 aromatic heterocycles. The van der Waals surface area contributed by atoms with Gasteiger partial charge in [-0.15, -0.1) is 0 Å². The van der Waals surface area contributed by atoms with Crippen LogP contribution in [0.15, 0.2) is 29.4 Å². The van der Waals surface area contributed by atoms with Gasteiger partial charge < -0.3 is 4.84 Å². The summed E-state index contributed by atoms with van der Waals surface area (Å²) in [5.74, 6) is -10.7. The van der Waals surface area contributed by atoms with E-state index in [0.717, 1.165) is 24.4 Å². The van der Waals surface area contributed by atoms with Gasteiger partial charge >= 0.3 is 6.18 Å². The zero-order valence-corrected chi connectivity index (χ0v) is 12.0. The number of oxime groups is 1. The number of alkyl halides is 3. The topological polar surface area (TPSA) is 21.6 Å². The third kappa shape index (κ3) is 4.06. The zero-order valence-electron chi connectivity index (χ0n) is 12.0. The molecular formula is C15H7F8NO. The van der Waals surface area contributed by atoms with Crippen molar-refractivity contribution in [3.63, 3.8) is 0 Å². The monoisotopic (exact) mass is 369 g/mol. The highest BCUT2D eigenvalue weighted by Crippen LogP contribution is 2.29. The Morgan fingerprint density at radius 3 is 2.00 bits per heavy atom. The van der Waals surface area contributed by atoms with Crippen molar-refractivity contribution in [3.05, 3.63) is 70.0 Å². The van der Waals surface area contributed by atoms with E-state index in [1.165, 1.54) is 6.07 Å². The van der Waals surface area contributed by atoms with Gasteiger partial charge in [0, 0.05) is 0 Å². The van der Waals surface area contributed by atoms with Gasteiger partial charge in [0.25, 0.3) is 0 Å². The second-order valence-corrected chi connectivity index (χ2v) is 4.68. The third-order valence-electron chi connectivity index (χ3n) is 3.00. The molecule has 0 saturated heterocycles. The lowest BCUT2D eigenvalue weighted by atomic mass is 10.1. The van der Waals surface area contributed by atoms with Crippen molar-refractivity contribution >= 4 is 6.21 Å². The van der Waals surface area contributed by atoms with Crippen LogP contribution in [0.25, 0.3) is 0 Å². The lowest BCUT2D eigenvalue weighted by molar-refractivity contribution is -0.137. The number of hydrogen-bond donors (Lipinski definition) is 0. The Hall–Kier alpha value is -2.65. The highest BCUT2D eigenvalue weighted by molar-refractivity contribution is 5.79. The van der Waals surface area contributed by atoms with Crippen LogP contribution in [-0.2, 0) is 17.6 Å². The summed E-state index contributed by atoms with van der Waals surface area (Å²) in [5.41, 5.74) is -2.26. The molecule has 0 radical (unpaired) electrons. The molecule has 25 heavy (non-hydrogen) atoms. The van der Waals surface area contributed by atoms with Gasteiger partial charge in [-0.25, -0.2) is 22.0 Å². The van der Waals surface area contributed by atoms with Crippen molar-refractivity contribution in [2.24, 2.45) is 5.16 Å². The Kier molecular flexibility index (Phi) is 5.29. The van der Waals surface area contributed by atoms with Gasteiger partial charge in [0.15, 0.2) is 23.3 Å². The van der Waals surface area contributed by atoms with Gasteiger partial charge in [-0.3, -0.25) is 0 Å². The summed E-state index contributed by atoms with van der Waals surface area (Å²) in [5, 5.41) is 3.16. The molecule has 0 fully saturated rings. The molecule has 10 heteroatoms. The van der Waals surface area contributed by atoms with E-state index in [1.807, 2.05) is 0 Å². The summed E-state index contributed by atoms with van der Waals surface area (Å²) in [4.78, 5) is 4.41. The zero-order chi connectivity index (χ0) is 18.8. The minimum atomic E-state index is -4.58. The molecule has 2 nitrogen and oxygen atoms in total. The summed E-state index contributed by atoms with van der Waals surface area (Å²) in [6.45, 7) is -1.11. The minimum absolute atomic E-state index is 0.0489. The highest BCUT2D eigenvalue weighted by atomic mass is 19.4. The molecule has 2 rings (SSSR count). The predicted molar refractivity (Wildman–Crippen MR) is 70.1 cm³/mol. The average Bonchev–Trinajstić information content (AvgIpc) is 2.57. The molecular weight excluding hydrogens is 362 g/mol. The molecule has 0 spiro atoms. The Bertz CT molecular complexity index is 787. The van der Waals surface area contributed by atoms with Crippen LogP contribution in [0.1, 0.15) is 16.7 Å². The molecule has 0 heterocycles. The van der Waals surface area contributed by atoms with E-state index in [1.54, 1.807) is 0 Å². The number of hydrogen-bond acceptors (Lipinski definition) is 2. The van der Waals surface area contributed by atoms with E-state index >= 15 is 0 Å². The fourth-order valence-corrected chi connectivity index (χ4v) is 1.77. The largest absolute Gasteiger partial charge is 0.416 e. The summed E-state index contributed by atoms with van der Waals surface area (Å²) in [6.07, 6.45) is -3.79. The standard InChI is InChI=1S/C15H7F8NO/c16-10-9(11(17)13(19)14(20)12(10)18)6-25-24-5-7-2-1-3-8(4-7)15(21,22)23/h1-5H,6H2. The van der Waals surface area contributed by atoms with Gasteiger partial charge in [0.05, 0.1) is 17.3 Å². The first-order valence-corrected chi connectivity index (χ1v) is 6.45. The normalized spacial score (nSPS) is 12.0. The van der Waals surface area contributed by atoms with E-state index in [0.29, 0.717) is 0 Å². The first-order valence-electron chi connectivity index (χ1n) is 6.45. The summed E-state index contributed by atoms with van der Waals surface area (Å²) < 4.78 is 103. The van der Waals surface area contributed by atoms with Crippen LogP contribution in [0, 0.1) is 29.1 Å². The summed E-state index contributed by atoms with van der Waals surface area (Å²) in [7, 11) is 0. The van der Waals surface area contributed by atoms with Crippen LogP contribution in [0.3, 0.4) is 0 Å². The van der Waals surface area contributed by atoms with Crippen LogP contribution in [0.2, 0.25) is 0 Å². The second-order valence-electron chi connectivity index (χ2n) is 4.68. The molecule has 0 aliphatic carbocycles. The van der Waals surface area contributed by atoms with Crippen molar-refractivity contribution < 1.29 is 40.0 Å². The quantitative estimate of drug-likeness (QED) is 0.246. The molecule has 0 bridgehead atoms. The summed E-state index contributed by atoms with van der Waals surface area (Å²) >= 11 is 0. The molecule has 2 aromatic rings. The minimum Gasteiger partial charge on any atom is -0.391 e. The van der Waals surface area contributed by atoms with Crippen LogP contribution in [0.5, 0.6) is 0 Å². The van der Waals surface area contributed by atoms with Crippen LogP contribution in [-0.4, -0.2) is 6.21 Å². The third-order valence-corrected chi connectivity index (χ3v) is 3.00. The lowest BCUT2D eigenvalue weighted by Gasteiger charge is -2.07. The average molecular weight is 369 g/mol. The first kappa shape index (κ1) is 18.7. The van der Waals surface area contributed by atoms with Crippen LogP contribution < -0.4 is 0 Å². The lowest BCUT2D eigenvalue weighted by Crippen LogP contribution is -2.07. The van der Waals surface area contributed by atoms with Crippen molar-refractivity contribution in [3.8, 4) is 0 Å². The maximum Gasteiger partial charge on any atom is 0.416 e. The smallest absolute Gasteiger partial charge is 0.391 e. The molecule has 0 aliphatic heterocycles. The molecule has 2 aromatic carbocycles. The molecule has 0 aliphatic rings. The predicted octanol–water partition coefficient (Wildman–Crippen LogP) is 4.95. The van der Waals surface area contributed by atoms with Crippen molar-refractivity contribution in [2.75, 3.05) is 0 Å². The number of nitrogens with zero attached hydrogens (tertiary/aromatic N) is 1.